The maximum Gasteiger partial charge on any atom is 0.286 e. The molecule has 1 aromatic rings. The molecule has 1 aromatic heterocycles. The van der Waals surface area contributed by atoms with E-state index in [1.165, 1.54) is 18.2 Å². The molecule has 1 fully saturated rings. The number of amides is 1. The standard InChI is InChI=1S/C21H36N4O3S/c1-15(2)12-17(25(14-26)16-10-8-7-9-11-16)18(27)19-22-23-20(28-19)29-13-21(3,4)24(5)6/h14-17H,7-13H2,1-6H3. The third-order valence-electron chi connectivity index (χ3n) is 5.85. The maximum atomic E-state index is 13.2. The molecule has 29 heavy (non-hydrogen) atoms. The molecule has 0 radical (unpaired) electrons. The van der Waals surface area contributed by atoms with E-state index in [4.69, 9.17) is 4.42 Å². The normalized spacial score (nSPS) is 17.0. The fourth-order valence-corrected chi connectivity index (χ4v) is 4.45. The summed E-state index contributed by atoms with van der Waals surface area (Å²) in [5.74, 6) is 0.784. The predicted molar refractivity (Wildman–Crippen MR) is 115 cm³/mol. The average Bonchev–Trinajstić information content (AvgIpc) is 3.15. The molecule has 0 spiro atoms. The summed E-state index contributed by atoms with van der Waals surface area (Å²) in [5, 5.41) is 8.46. The highest BCUT2D eigenvalue weighted by atomic mass is 32.2. The summed E-state index contributed by atoms with van der Waals surface area (Å²) >= 11 is 1.44. The summed E-state index contributed by atoms with van der Waals surface area (Å²) < 4.78 is 5.70. The third-order valence-corrected chi connectivity index (χ3v) is 7.11. The lowest BCUT2D eigenvalue weighted by Gasteiger charge is -2.36. The molecule has 1 amide bonds. The van der Waals surface area contributed by atoms with Crippen LogP contribution in [0.4, 0.5) is 0 Å². The van der Waals surface area contributed by atoms with Crippen LogP contribution in [0.3, 0.4) is 0 Å². The number of hydrogen-bond acceptors (Lipinski definition) is 7. The lowest BCUT2D eigenvalue weighted by Crippen LogP contribution is -2.48. The number of aromatic nitrogens is 2. The Hall–Kier alpha value is -1.41. The van der Waals surface area contributed by atoms with Gasteiger partial charge >= 0.3 is 0 Å². The molecule has 0 bridgehead atoms. The second kappa shape index (κ2) is 10.6. The van der Waals surface area contributed by atoms with Gasteiger partial charge in [0.25, 0.3) is 11.1 Å². The monoisotopic (exact) mass is 424 g/mol. The topological polar surface area (TPSA) is 79.5 Å². The first-order valence-corrected chi connectivity index (χ1v) is 11.5. The number of carbonyl (C=O) groups is 2. The van der Waals surface area contributed by atoms with Crippen LogP contribution in [0.15, 0.2) is 9.64 Å². The summed E-state index contributed by atoms with van der Waals surface area (Å²) in [5.41, 5.74) is -0.0429. The highest BCUT2D eigenvalue weighted by Crippen LogP contribution is 2.28. The van der Waals surface area contributed by atoms with Crippen LogP contribution in [0.1, 0.15) is 76.9 Å². The molecule has 1 atom stereocenters. The van der Waals surface area contributed by atoms with Crippen molar-refractivity contribution in [1.29, 1.82) is 0 Å². The van der Waals surface area contributed by atoms with Crippen molar-refractivity contribution in [3.8, 4) is 0 Å². The zero-order valence-electron chi connectivity index (χ0n) is 18.7. The van der Waals surface area contributed by atoms with Gasteiger partial charge in [0.1, 0.15) is 6.04 Å². The second-order valence-electron chi connectivity index (χ2n) is 9.22. The van der Waals surface area contributed by atoms with Gasteiger partial charge in [0.05, 0.1) is 0 Å². The summed E-state index contributed by atoms with van der Waals surface area (Å²) in [6.45, 7) is 8.38. The molecule has 0 aromatic carbocycles. The van der Waals surface area contributed by atoms with Gasteiger partial charge in [-0.3, -0.25) is 9.59 Å². The van der Waals surface area contributed by atoms with E-state index in [2.05, 4.69) is 42.8 Å². The van der Waals surface area contributed by atoms with E-state index >= 15 is 0 Å². The van der Waals surface area contributed by atoms with Crippen LogP contribution in [0.2, 0.25) is 0 Å². The van der Waals surface area contributed by atoms with Gasteiger partial charge in [0.2, 0.25) is 12.2 Å². The Kier molecular flexibility index (Phi) is 8.70. The molecule has 1 aliphatic rings. The quantitative estimate of drug-likeness (QED) is 0.303. The maximum absolute atomic E-state index is 13.2. The number of thioether (sulfide) groups is 1. The Morgan fingerprint density at radius 3 is 2.45 bits per heavy atom. The van der Waals surface area contributed by atoms with Gasteiger partial charge in [-0.05, 0) is 53.1 Å². The molecule has 1 unspecified atom stereocenters. The van der Waals surface area contributed by atoms with Crippen molar-refractivity contribution in [2.24, 2.45) is 5.92 Å². The van der Waals surface area contributed by atoms with E-state index in [1.54, 1.807) is 4.90 Å². The molecule has 2 rings (SSSR count). The lowest BCUT2D eigenvalue weighted by molar-refractivity contribution is -0.122. The Morgan fingerprint density at radius 1 is 1.24 bits per heavy atom. The summed E-state index contributed by atoms with van der Waals surface area (Å²) in [6, 6.07) is -0.432. The van der Waals surface area contributed by atoms with Gasteiger partial charge < -0.3 is 14.2 Å². The van der Waals surface area contributed by atoms with Crippen molar-refractivity contribution < 1.29 is 14.0 Å². The summed E-state index contributed by atoms with van der Waals surface area (Å²) in [7, 11) is 4.05. The number of Topliss-reactive ketones (excluding diaryl/α,β-unsaturated/α-hetero) is 1. The van der Waals surface area contributed by atoms with Crippen molar-refractivity contribution in [2.45, 2.75) is 89.1 Å². The van der Waals surface area contributed by atoms with Crippen molar-refractivity contribution in [3.05, 3.63) is 5.89 Å². The molecular formula is C21H36N4O3S. The van der Waals surface area contributed by atoms with Crippen LogP contribution in [0.5, 0.6) is 0 Å². The van der Waals surface area contributed by atoms with Crippen molar-refractivity contribution in [3.63, 3.8) is 0 Å². The van der Waals surface area contributed by atoms with E-state index < -0.39 is 6.04 Å². The minimum atomic E-state index is -0.549. The zero-order chi connectivity index (χ0) is 21.6. The number of nitrogens with zero attached hydrogens (tertiary/aromatic N) is 4. The Morgan fingerprint density at radius 2 is 1.90 bits per heavy atom. The largest absolute Gasteiger partial charge is 0.408 e. The first kappa shape index (κ1) is 23.9. The van der Waals surface area contributed by atoms with Crippen LogP contribution in [-0.4, -0.2) is 69.7 Å². The van der Waals surface area contributed by atoms with E-state index in [0.29, 0.717) is 11.6 Å². The van der Waals surface area contributed by atoms with Crippen LogP contribution in [0.25, 0.3) is 0 Å². The second-order valence-corrected chi connectivity index (χ2v) is 10.1. The Bertz CT molecular complexity index is 669. The van der Waals surface area contributed by atoms with Gasteiger partial charge in [-0.2, -0.15) is 0 Å². The van der Waals surface area contributed by atoms with Gasteiger partial charge in [0, 0.05) is 17.3 Å². The molecule has 1 heterocycles. The van der Waals surface area contributed by atoms with Crippen LogP contribution >= 0.6 is 11.8 Å². The van der Waals surface area contributed by atoms with Crippen molar-refractivity contribution in [1.82, 2.24) is 20.0 Å². The number of ketones is 1. The molecule has 1 saturated carbocycles. The first-order valence-electron chi connectivity index (χ1n) is 10.6. The Labute approximate surface area is 179 Å². The average molecular weight is 425 g/mol. The molecule has 8 heteroatoms. The summed E-state index contributed by atoms with van der Waals surface area (Å²) in [6.07, 6.45) is 6.72. The van der Waals surface area contributed by atoms with Gasteiger partial charge in [-0.25, -0.2) is 0 Å². The fourth-order valence-electron chi connectivity index (χ4n) is 3.48. The van der Waals surface area contributed by atoms with Crippen LogP contribution in [-0.2, 0) is 4.79 Å². The zero-order valence-corrected chi connectivity index (χ0v) is 19.5. The van der Waals surface area contributed by atoms with E-state index in [9.17, 15) is 9.59 Å². The number of carbonyl (C=O) groups excluding carboxylic acids is 2. The van der Waals surface area contributed by atoms with Crippen molar-refractivity contribution in [2.75, 3.05) is 19.8 Å². The molecular weight excluding hydrogens is 388 g/mol. The van der Waals surface area contributed by atoms with Gasteiger partial charge in [-0.1, -0.05) is 44.9 Å². The van der Waals surface area contributed by atoms with E-state index in [1.807, 2.05) is 14.1 Å². The highest BCUT2D eigenvalue weighted by Gasteiger charge is 2.35. The molecule has 0 N–H and O–H groups in total. The highest BCUT2D eigenvalue weighted by molar-refractivity contribution is 7.99. The summed E-state index contributed by atoms with van der Waals surface area (Å²) in [4.78, 5) is 29.0. The third kappa shape index (κ3) is 6.54. The van der Waals surface area contributed by atoms with Crippen molar-refractivity contribution >= 4 is 24.0 Å². The van der Waals surface area contributed by atoms with Crippen LogP contribution in [0, 0.1) is 5.92 Å². The minimum Gasteiger partial charge on any atom is -0.408 e. The SMILES string of the molecule is CC(C)CC(C(=O)c1nnc(SCC(C)(C)N(C)C)o1)N(C=O)C1CCCCC1. The van der Waals surface area contributed by atoms with Gasteiger partial charge in [0.15, 0.2) is 0 Å². The molecule has 7 nitrogen and oxygen atoms in total. The lowest BCUT2D eigenvalue weighted by atomic mass is 9.91. The number of rotatable bonds is 11. The fraction of sp³-hybridized carbons (Fsp3) is 0.810. The molecule has 164 valence electrons. The number of hydrogen-bond donors (Lipinski definition) is 0. The predicted octanol–water partition coefficient (Wildman–Crippen LogP) is 3.89. The molecule has 0 aliphatic heterocycles. The Balaban J connectivity index is 2.14. The smallest absolute Gasteiger partial charge is 0.286 e. The minimum absolute atomic E-state index is 0.00321. The molecule has 0 saturated heterocycles. The van der Waals surface area contributed by atoms with E-state index in [0.717, 1.165) is 37.8 Å². The van der Waals surface area contributed by atoms with Crippen LogP contribution < -0.4 is 0 Å². The first-order chi connectivity index (χ1) is 13.7. The van der Waals surface area contributed by atoms with E-state index in [-0.39, 0.29) is 29.2 Å². The van der Waals surface area contributed by atoms with Gasteiger partial charge in [-0.15, -0.1) is 10.2 Å². The molecule has 1 aliphatic carbocycles.